The highest BCUT2D eigenvalue weighted by Gasteiger charge is 2.62. The predicted molar refractivity (Wildman–Crippen MR) is 137 cm³/mol. The van der Waals surface area contributed by atoms with Gasteiger partial charge in [-0.05, 0) is 66.1 Å². The zero-order valence-corrected chi connectivity index (χ0v) is 22.3. The van der Waals surface area contributed by atoms with Gasteiger partial charge in [0.1, 0.15) is 0 Å². The van der Waals surface area contributed by atoms with E-state index in [1.807, 2.05) is 6.07 Å². The molecule has 1 aliphatic rings. The fourth-order valence-corrected chi connectivity index (χ4v) is 5.61. The summed E-state index contributed by atoms with van der Waals surface area (Å²) in [6, 6.07) is 14.9. The Morgan fingerprint density at radius 1 is 1.13 bits per heavy atom. The molecule has 3 aromatic rings. The molecule has 0 saturated heterocycles. The van der Waals surface area contributed by atoms with Gasteiger partial charge in [0.25, 0.3) is 5.60 Å². The first-order valence-electron chi connectivity index (χ1n) is 11.0. The van der Waals surface area contributed by atoms with E-state index in [0.29, 0.717) is 21.6 Å². The molecule has 38 heavy (non-hydrogen) atoms. The van der Waals surface area contributed by atoms with Crippen LogP contribution in [0.2, 0.25) is 10.0 Å². The number of benzene rings is 3. The van der Waals surface area contributed by atoms with Crippen LogP contribution >= 0.6 is 23.2 Å². The zero-order chi connectivity index (χ0) is 27.9. The molecule has 1 aliphatic heterocycles. The molecule has 3 aromatic carbocycles. The van der Waals surface area contributed by atoms with Gasteiger partial charge in [-0.25, -0.2) is 13.0 Å². The van der Waals surface area contributed by atoms with Crippen molar-refractivity contribution >= 4 is 38.6 Å². The van der Waals surface area contributed by atoms with E-state index in [-0.39, 0.29) is 12.3 Å². The van der Waals surface area contributed by atoms with Crippen molar-refractivity contribution in [1.82, 2.24) is 0 Å². The molecule has 2 unspecified atom stereocenters. The van der Waals surface area contributed by atoms with Crippen LogP contribution in [0.25, 0.3) is 0 Å². The third-order valence-corrected chi connectivity index (χ3v) is 8.53. The second kappa shape index (κ2) is 10.2. The van der Waals surface area contributed by atoms with E-state index in [9.17, 15) is 21.8 Å². The maximum Gasteiger partial charge on any atom is 0.435 e. The average molecular weight is 584 g/mol. The second-order valence-corrected chi connectivity index (χ2v) is 11.9. The van der Waals surface area contributed by atoms with Gasteiger partial charge in [-0.2, -0.15) is 18.4 Å². The molecular formula is C26H19Cl2F4N3O2S. The van der Waals surface area contributed by atoms with E-state index in [4.69, 9.17) is 33.3 Å². The molecule has 1 heterocycles. The van der Waals surface area contributed by atoms with Crippen LogP contribution < -0.4 is 0 Å². The molecule has 4 rings (SSSR count). The lowest BCUT2D eigenvalue weighted by atomic mass is 9.86. The van der Waals surface area contributed by atoms with Crippen molar-refractivity contribution in [2.75, 3.05) is 6.26 Å². The van der Waals surface area contributed by atoms with Crippen molar-refractivity contribution in [3.8, 4) is 6.07 Å². The predicted octanol–water partition coefficient (Wildman–Crippen LogP) is 7.55. The van der Waals surface area contributed by atoms with Crippen LogP contribution in [0.15, 0.2) is 69.0 Å². The largest absolute Gasteiger partial charge is 0.435 e. The van der Waals surface area contributed by atoms with Crippen molar-refractivity contribution in [3.05, 3.63) is 98.3 Å². The molecule has 5 nitrogen and oxygen atoms in total. The number of hydrogen-bond donors (Lipinski definition) is 0. The zero-order valence-electron chi connectivity index (χ0n) is 19.9. The molecule has 12 heteroatoms. The molecule has 0 spiro atoms. The maximum atomic E-state index is 14.3. The summed E-state index contributed by atoms with van der Waals surface area (Å²) in [7, 11) is -2.75. The Hall–Kier alpha value is -3.13. The summed E-state index contributed by atoms with van der Waals surface area (Å²) in [5, 5.41) is 11.5. The summed E-state index contributed by atoms with van der Waals surface area (Å²) in [4.78, 5) is 5.46. The highest BCUT2D eigenvalue weighted by molar-refractivity contribution is 7.93. The molecule has 0 aliphatic carbocycles. The first-order chi connectivity index (χ1) is 17.8. The minimum Gasteiger partial charge on any atom is -0.374 e. The van der Waals surface area contributed by atoms with Gasteiger partial charge >= 0.3 is 6.18 Å². The monoisotopic (exact) mass is 583 g/mol. The van der Waals surface area contributed by atoms with Crippen LogP contribution in [0.5, 0.6) is 0 Å². The van der Waals surface area contributed by atoms with E-state index >= 15 is 0 Å². The van der Waals surface area contributed by atoms with Gasteiger partial charge in [0.15, 0.2) is 5.82 Å². The fraction of sp³-hybridized carbons (Fsp3) is 0.231. The SMILES string of the molecule is Cc1cc(C2=NOC(c3cc(Cl)c(F)c(Cl)c3)(C(F)(F)F)C2)ccc1CN=S(C)(=O)c1ccc(C#N)cc1. The Morgan fingerprint density at radius 2 is 1.76 bits per heavy atom. The minimum atomic E-state index is -4.91. The lowest BCUT2D eigenvalue weighted by molar-refractivity contribution is -0.275. The van der Waals surface area contributed by atoms with Crippen LogP contribution in [0.1, 0.15) is 34.2 Å². The average Bonchev–Trinajstić information content (AvgIpc) is 3.33. The van der Waals surface area contributed by atoms with Crippen LogP contribution in [0.3, 0.4) is 0 Å². The summed E-state index contributed by atoms with van der Waals surface area (Å²) >= 11 is 11.5. The van der Waals surface area contributed by atoms with Gasteiger partial charge in [-0.15, -0.1) is 0 Å². The Morgan fingerprint density at radius 3 is 2.32 bits per heavy atom. The highest BCUT2D eigenvalue weighted by atomic mass is 35.5. The lowest BCUT2D eigenvalue weighted by Gasteiger charge is -2.29. The summed E-state index contributed by atoms with van der Waals surface area (Å²) in [6.45, 7) is 1.85. The highest BCUT2D eigenvalue weighted by Crippen LogP contribution is 2.50. The fourth-order valence-electron chi connectivity index (χ4n) is 3.95. The van der Waals surface area contributed by atoms with Gasteiger partial charge in [0.05, 0.1) is 43.7 Å². The summed E-state index contributed by atoms with van der Waals surface area (Å²) in [5.41, 5.74) is -1.08. The van der Waals surface area contributed by atoms with Crippen LogP contribution in [0.4, 0.5) is 17.6 Å². The van der Waals surface area contributed by atoms with Crippen LogP contribution in [-0.4, -0.2) is 22.4 Å². The molecule has 0 N–H and O–H groups in total. The van der Waals surface area contributed by atoms with E-state index in [1.54, 1.807) is 49.4 Å². The first-order valence-corrected chi connectivity index (χ1v) is 13.7. The minimum absolute atomic E-state index is 0.0300. The molecule has 0 bridgehead atoms. The normalized spacial score (nSPS) is 18.8. The number of aryl methyl sites for hydroxylation is 1. The standard InChI is InChI=1S/C26H19Cl2F4N3O2S/c1-15-9-17(5-6-18(15)14-34-38(2,36)20-7-3-16(13-33)4-8-20)23-12-25(37-35-23,26(30,31)32)19-10-21(27)24(29)22(28)11-19/h3-11H,12,14H2,1-2H3. The van der Waals surface area contributed by atoms with Crippen LogP contribution in [-0.2, 0) is 26.7 Å². The number of nitrogens with zero attached hydrogens (tertiary/aromatic N) is 3. The Labute approximate surface area is 226 Å². The van der Waals surface area contributed by atoms with Gasteiger partial charge in [0.2, 0.25) is 0 Å². The Bertz CT molecular complexity index is 1590. The number of halogens is 6. The number of oxime groups is 1. The maximum absolute atomic E-state index is 14.3. The van der Waals surface area contributed by atoms with Crippen molar-refractivity contribution in [3.63, 3.8) is 0 Å². The third kappa shape index (κ3) is 5.23. The third-order valence-electron chi connectivity index (χ3n) is 6.21. The van der Waals surface area contributed by atoms with Gasteiger partial charge in [-0.1, -0.05) is 40.5 Å². The van der Waals surface area contributed by atoms with Crippen molar-refractivity contribution < 1.29 is 26.6 Å². The van der Waals surface area contributed by atoms with E-state index in [1.165, 1.54) is 6.26 Å². The van der Waals surface area contributed by atoms with Gasteiger partial charge < -0.3 is 4.84 Å². The molecular weight excluding hydrogens is 565 g/mol. The summed E-state index contributed by atoms with van der Waals surface area (Å²) in [6.07, 6.45) is -4.10. The molecule has 0 radical (unpaired) electrons. The Balaban J connectivity index is 1.60. The molecule has 0 amide bonds. The number of alkyl halides is 3. The molecule has 0 aromatic heterocycles. The topological polar surface area (TPSA) is 74.8 Å². The lowest BCUT2D eigenvalue weighted by Crippen LogP contribution is -2.42. The number of nitriles is 1. The number of rotatable bonds is 5. The smallest absolute Gasteiger partial charge is 0.374 e. The second-order valence-electron chi connectivity index (χ2n) is 8.75. The van der Waals surface area contributed by atoms with E-state index in [2.05, 4.69) is 9.52 Å². The molecule has 198 valence electrons. The van der Waals surface area contributed by atoms with E-state index in [0.717, 1.165) is 17.7 Å². The van der Waals surface area contributed by atoms with Crippen LogP contribution in [0, 0.1) is 24.1 Å². The number of hydrogen-bond acceptors (Lipinski definition) is 5. The Kier molecular flexibility index (Phi) is 7.49. The summed E-state index contributed by atoms with van der Waals surface area (Å²) in [5.74, 6) is -1.03. The molecule has 0 saturated carbocycles. The van der Waals surface area contributed by atoms with Gasteiger partial charge in [0, 0.05) is 23.1 Å². The quantitative estimate of drug-likeness (QED) is 0.230. The van der Waals surface area contributed by atoms with Crippen molar-refractivity contribution in [2.45, 2.75) is 36.6 Å². The summed E-state index contributed by atoms with van der Waals surface area (Å²) < 4.78 is 74.1. The first kappa shape index (κ1) is 27.9. The molecule has 0 fully saturated rings. The van der Waals surface area contributed by atoms with Crippen molar-refractivity contribution in [2.24, 2.45) is 9.52 Å². The molecule has 2 atom stereocenters. The van der Waals surface area contributed by atoms with Gasteiger partial charge in [-0.3, -0.25) is 0 Å². The van der Waals surface area contributed by atoms with E-state index < -0.39 is 49.4 Å². The van der Waals surface area contributed by atoms with Crippen molar-refractivity contribution in [1.29, 1.82) is 5.26 Å².